The van der Waals surface area contributed by atoms with Crippen LogP contribution in [0.15, 0.2) is 24.3 Å². The van der Waals surface area contributed by atoms with E-state index in [1.165, 1.54) is 0 Å². The summed E-state index contributed by atoms with van der Waals surface area (Å²) in [4.78, 5) is 12.1. The zero-order valence-electron chi connectivity index (χ0n) is 13.2. The van der Waals surface area contributed by atoms with Gasteiger partial charge in [0.15, 0.2) is 0 Å². The highest BCUT2D eigenvalue weighted by molar-refractivity contribution is 5.91. The van der Waals surface area contributed by atoms with Crippen molar-refractivity contribution in [3.8, 4) is 0 Å². The maximum Gasteiger partial charge on any atom is 0.338 e. The zero-order valence-corrected chi connectivity index (χ0v) is 13.2. The molecule has 0 aliphatic carbocycles. The number of rotatable bonds is 8. The molecule has 7 heteroatoms. The number of hydrogen-bond donors (Lipinski definition) is 5. The molecule has 23 heavy (non-hydrogen) atoms. The minimum absolute atomic E-state index is 0.107. The molecule has 4 atom stereocenters. The summed E-state index contributed by atoms with van der Waals surface area (Å²) in [6, 6.07) is 6.89. The van der Waals surface area contributed by atoms with Gasteiger partial charge in [0.2, 0.25) is 0 Å². The van der Waals surface area contributed by atoms with E-state index in [9.17, 15) is 25.2 Å². The lowest BCUT2D eigenvalue weighted by atomic mass is 9.97. The second kappa shape index (κ2) is 8.95. The SMILES string of the molecule is CC(C)c1ccccc1C(=O)OC[C@@H](O)[C@@H](O)[C@H](O)[C@@H](O)CO. The van der Waals surface area contributed by atoms with Crippen LogP contribution in [-0.4, -0.2) is 69.1 Å². The summed E-state index contributed by atoms with van der Waals surface area (Å²) >= 11 is 0. The zero-order chi connectivity index (χ0) is 17.6. The van der Waals surface area contributed by atoms with E-state index in [-0.39, 0.29) is 5.92 Å². The molecule has 7 nitrogen and oxygen atoms in total. The fourth-order valence-electron chi connectivity index (χ4n) is 2.09. The van der Waals surface area contributed by atoms with E-state index in [0.717, 1.165) is 5.56 Å². The summed E-state index contributed by atoms with van der Waals surface area (Å²) in [7, 11) is 0. The number of carbonyl (C=O) groups is 1. The Morgan fingerprint density at radius 3 is 2.17 bits per heavy atom. The highest BCUT2D eigenvalue weighted by atomic mass is 16.5. The van der Waals surface area contributed by atoms with Crippen LogP contribution in [0.4, 0.5) is 0 Å². The number of ether oxygens (including phenoxy) is 1. The van der Waals surface area contributed by atoms with Crippen molar-refractivity contribution in [3.05, 3.63) is 35.4 Å². The number of aliphatic hydroxyl groups excluding tert-OH is 5. The van der Waals surface area contributed by atoms with Gasteiger partial charge < -0.3 is 30.3 Å². The van der Waals surface area contributed by atoms with Crippen LogP contribution in [0, 0.1) is 0 Å². The van der Waals surface area contributed by atoms with Crippen molar-refractivity contribution in [1.82, 2.24) is 0 Å². The Labute approximate surface area is 134 Å². The predicted molar refractivity (Wildman–Crippen MR) is 81.9 cm³/mol. The molecule has 0 aliphatic heterocycles. The van der Waals surface area contributed by atoms with Gasteiger partial charge in [0.05, 0.1) is 12.2 Å². The van der Waals surface area contributed by atoms with E-state index in [4.69, 9.17) is 9.84 Å². The first-order valence-corrected chi connectivity index (χ1v) is 7.38. The average Bonchev–Trinajstić information content (AvgIpc) is 2.56. The van der Waals surface area contributed by atoms with Crippen LogP contribution in [0.5, 0.6) is 0 Å². The van der Waals surface area contributed by atoms with Crippen LogP contribution >= 0.6 is 0 Å². The lowest BCUT2D eigenvalue weighted by molar-refractivity contribution is -0.124. The van der Waals surface area contributed by atoms with Crippen LogP contribution in [-0.2, 0) is 4.74 Å². The minimum Gasteiger partial charge on any atom is -0.459 e. The first kappa shape index (κ1) is 19.5. The van der Waals surface area contributed by atoms with Gasteiger partial charge in [-0.1, -0.05) is 32.0 Å². The van der Waals surface area contributed by atoms with Gasteiger partial charge in [0.25, 0.3) is 0 Å². The Kier molecular flexibility index (Phi) is 7.60. The van der Waals surface area contributed by atoms with Gasteiger partial charge in [0, 0.05) is 0 Å². The summed E-state index contributed by atoms with van der Waals surface area (Å²) < 4.78 is 4.96. The molecule has 1 rings (SSSR count). The summed E-state index contributed by atoms with van der Waals surface area (Å²) in [5.41, 5.74) is 1.16. The Morgan fingerprint density at radius 2 is 1.61 bits per heavy atom. The minimum atomic E-state index is -1.76. The fourth-order valence-corrected chi connectivity index (χ4v) is 2.09. The van der Waals surface area contributed by atoms with Gasteiger partial charge >= 0.3 is 5.97 Å². The first-order valence-electron chi connectivity index (χ1n) is 7.38. The molecule has 0 aliphatic rings. The van der Waals surface area contributed by atoms with E-state index >= 15 is 0 Å². The third-order valence-corrected chi connectivity index (χ3v) is 3.51. The summed E-state index contributed by atoms with van der Waals surface area (Å²) in [5, 5.41) is 46.8. The maximum atomic E-state index is 12.1. The Bertz CT molecular complexity index is 503. The molecule has 0 saturated heterocycles. The molecule has 0 amide bonds. The quantitative estimate of drug-likeness (QED) is 0.403. The van der Waals surface area contributed by atoms with Crippen molar-refractivity contribution >= 4 is 5.97 Å². The largest absolute Gasteiger partial charge is 0.459 e. The fraction of sp³-hybridized carbons (Fsp3) is 0.562. The summed E-state index contributed by atoms with van der Waals surface area (Å²) in [6.45, 7) is 2.53. The molecule has 0 saturated carbocycles. The molecule has 0 spiro atoms. The summed E-state index contributed by atoms with van der Waals surface area (Å²) in [5.74, 6) is -0.548. The van der Waals surface area contributed by atoms with Gasteiger partial charge in [-0.3, -0.25) is 0 Å². The van der Waals surface area contributed by atoms with Gasteiger partial charge in [-0.05, 0) is 17.5 Å². The predicted octanol–water partition coefficient (Wildman–Crippen LogP) is -0.597. The van der Waals surface area contributed by atoms with E-state index < -0.39 is 43.6 Å². The third kappa shape index (κ3) is 5.26. The lowest BCUT2D eigenvalue weighted by Crippen LogP contribution is -2.47. The van der Waals surface area contributed by atoms with Crippen molar-refractivity contribution in [1.29, 1.82) is 0 Å². The van der Waals surface area contributed by atoms with Crippen molar-refractivity contribution in [2.24, 2.45) is 0 Å². The topological polar surface area (TPSA) is 127 Å². The second-order valence-corrected chi connectivity index (χ2v) is 5.64. The van der Waals surface area contributed by atoms with Crippen molar-refractivity contribution in [3.63, 3.8) is 0 Å². The molecule has 1 aromatic carbocycles. The molecule has 0 fully saturated rings. The van der Waals surface area contributed by atoms with Gasteiger partial charge in [-0.15, -0.1) is 0 Å². The molecule has 130 valence electrons. The van der Waals surface area contributed by atoms with E-state index in [0.29, 0.717) is 5.56 Å². The Hall–Kier alpha value is -1.51. The number of benzene rings is 1. The molecule has 0 aromatic heterocycles. The number of aliphatic hydroxyl groups is 5. The van der Waals surface area contributed by atoms with Crippen molar-refractivity contribution in [2.45, 2.75) is 44.2 Å². The Morgan fingerprint density at radius 1 is 1.04 bits per heavy atom. The molecular formula is C16H24O7. The van der Waals surface area contributed by atoms with E-state index in [1.807, 2.05) is 13.8 Å². The van der Waals surface area contributed by atoms with Crippen molar-refractivity contribution in [2.75, 3.05) is 13.2 Å². The van der Waals surface area contributed by atoms with Gasteiger partial charge in [-0.2, -0.15) is 0 Å². The number of esters is 1. The second-order valence-electron chi connectivity index (χ2n) is 5.64. The van der Waals surface area contributed by atoms with Crippen molar-refractivity contribution < 1.29 is 35.1 Å². The lowest BCUT2D eigenvalue weighted by Gasteiger charge is -2.25. The molecule has 1 aromatic rings. The monoisotopic (exact) mass is 328 g/mol. The standard InChI is InChI=1S/C16H24O7/c1-9(2)10-5-3-4-6-11(10)16(22)23-8-13(19)15(21)14(20)12(18)7-17/h3-6,9,12-15,17-21H,7-8H2,1-2H3/t12-,13+,14+,15+/m0/s1. The smallest absolute Gasteiger partial charge is 0.338 e. The van der Waals surface area contributed by atoms with E-state index in [1.54, 1.807) is 24.3 Å². The summed E-state index contributed by atoms with van der Waals surface area (Å²) in [6.07, 6.45) is -6.71. The molecule has 0 heterocycles. The molecule has 5 N–H and O–H groups in total. The molecule has 0 unspecified atom stereocenters. The van der Waals surface area contributed by atoms with Gasteiger partial charge in [-0.25, -0.2) is 4.79 Å². The van der Waals surface area contributed by atoms with E-state index in [2.05, 4.69) is 0 Å². The first-order chi connectivity index (χ1) is 10.8. The van der Waals surface area contributed by atoms with Gasteiger partial charge in [0.1, 0.15) is 31.0 Å². The van der Waals surface area contributed by atoms with Crippen LogP contribution in [0.2, 0.25) is 0 Å². The molecule has 0 radical (unpaired) electrons. The Balaban J connectivity index is 2.66. The van der Waals surface area contributed by atoms with Crippen LogP contribution < -0.4 is 0 Å². The highest BCUT2D eigenvalue weighted by Crippen LogP contribution is 2.20. The van der Waals surface area contributed by atoms with Crippen LogP contribution in [0.25, 0.3) is 0 Å². The highest BCUT2D eigenvalue weighted by Gasteiger charge is 2.31. The van der Waals surface area contributed by atoms with Crippen LogP contribution in [0.1, 0.15) is 35.7 Å². The number of hydrogen-bond acceptors (Lipinski definition) is 7. The normalized spacial score (nSPS) is 16.7. The molecule has 0 bridgehead atoms. The number of carbonyl (C=O) groups excluding carboxylic acids is 1. The molecular weight excluding hydrogens is 304 g/mol. The average molecular weight is 328 g/mol. The maximum absolute atomic E-state index is 12.1. The van der Waals surface area contributed by atoms with Crippen LogP contribution in [0.3, 0.4) is 0 Å². The third-order valence-electron chi connectivity index (χ3n) is 3.51.